The number of carbonyl (C=O) groups is 7. The topological polar surface area (TPSA) is 259 Å². The van der Waals surface area contributed by atoms with E-state index in [9.17, 15) is 58.2 Å². The summed E-state index contributed by atoms with van der Waals surface area (Å²) in [5.41, 5.74) is 22.7. The molecule has 0 saturated heterocycles. The average Bonchev–Trinajstić information content (AvgIpc) is 0.668. The second-order valence-electron chi connectivity index (χ2n) is 53.0. The van der Waals surface area contributed by atoms with E-state index in [1.54, 1.807) is 38.2 Å². The molecule has 17 rings (SSSR count). The van der Waals surface area contributed by atoms with Crippen LogP contribution in [0.1, 0.15) is 387 Å². The van der Waals surface area contributed by atoms with Gasteiger partial charge in [0.25, 0.3) is 0 Å². The number of hydrogen-bond donors (Lipinski definition) is 6. The summed E-state index contributed by atoms with van der Waals surface area (Å²) in [4.78, 5) is 86.2. The standard InChI is InChI=1S/2C31H45NO3.C31H44O3S.C28H40O2.C3H7NO/c1-10-30(7)26-18-29(6,32(9)21(4)33)15-13-28(26,5)14-16-31(30,8)24-12-11-22-20(3)27(35)25(34)17-23(22)19(24)2;1-9-25(34)32-27(3,4)12-13-28(5)14-17-31(8)24-11-10-21-20(2)26(35)23(33)18-22(21)30(24,7)16-15-29(31,6)19-28;1-20-21-9-10-24-29(4,22(21)17-23(32)26(20)33)14-16-31(6)25-18-27(2,19-35(7,8)34)11-12-28(25,3)13-15-30(24,31)5;1-8-27(6)24-12-11-20-19(4)25(30)23(29)16-22(20)26(24,5)13-14-28(27,7)21-15-17(2)9-10-18(21)3;1-2-3(4)5/h11-12,17,19,26,35H,10,13-16,18H2,1-9H3;10-11,18,35H,9,12-17,19H2,1-8H3,(H,32,34);9-10,17,25,33H,7,11-16,18-19H2,1-6,8H3;11-12,16-18,21,30H,8-10,13-15H2,1-7H3;2H2,1H3,(H2,4,5)/t19-,26-,28-,29-,30+,31-;28-,29+,30+,31-;25-,27-,28-,29+,30-,31+,35?;17-,18+,21+,26-,27+,28-;/m1110./s1. The van der Waals surface area contributed by atoms with Crippen LogP contribution in [0, 0.1) is 117 Å². The molecular formula is C124H181N3O12S. The first kappa shape index (κ1) is 109. The van der Waals surface area contributed by atoms with E-state index < -0.39 is 9.52 Å². The highest BCUT2D eigenvalue weighted by Crippen LogP contribution is 2.79. The van der Waals surface area contributed by atoms with E-state index in [0.717, 1.165) is 176 Å². The lowest BCUT2D eigenvalue weighted by atomic mass is 9.34. The van der Waals surface area contributed by atoms with Gasteiger partial charge in [0, 0.05) is 94.4 Å². The number of aliphatic hydroxyl groups excluding tert-OH is 4. The Labute approximate surface area is 844 Å². The van der Waals surface area contributed by atoms with Gasteiger partial charge in [-0.15, -0.1) is 0 Å². The second-order valence-corrected chi connectivity index (χ2v) is 55.7. The summed E-state index contributed by atoms with van der Waals surface area (Å²) in [6.45, 7) is 68.1. The van der Waals surface area contributed by atoms with Gasteiger partial charge in [0.1, 0.15) is 0 Å². The summed E-state index contributed by atoms with van der Waals surface area (Å²) in [5.74, 6) is 6.81. The minimum absolute atomic E-state index is 0.0264. The molecule has 0 aliphatic heterocycles. The van der Waals surface area contributed by atoms with Crippen molar-refractivity contribution in [3.05, 3.63) is 185 Å². The molecule has 17 aliphatic rings. The molecule has 0 bridgehead atoms. The van der Waals surface area contributed by atoms with Crippen molar-refractivity contribution in [2.24, 2.45) is 122 Å². The first-order valence-corrected chi connectivity index (χ1v) is 56.3. The van der Waals surface area contributed by atoms with Crippen molar-refractivity contribution in [3.8, 4) is 0 Å². The van der Waals surface area contributed by atoms with Crippen LogP contribution >= 0.6 is 0 Å². The van der Waals surface area contributed by atoms with Gasteiger partial charge in [-0.05, 0) is 381 Å². The molecule has 140 heavy (non-hydrogen) atoms. The Hall–Kier alpha value is -7.85. The molecule has 15 nitrogen and oxygen atoms in total. The van der Waals surface area contributed by atoms with Crippen LogP contribution in [-0.4, -0.2) is 106 Å². The maximum atomic E-state index is 12.8. The molecule has 770 valence electrons. The van der Waals surface area contributed by atoms with E-state index >= 15 is 0 Å². The van der Waals surface area contributed by atoms with Crippen molar-refractivity contribution in [1.29, 1.82) is 0 Å². The summed E-state index contributed by atoms with van der Waals surface area (Å²) in [7, 11) is -0.0662. The van der Waals surface area contributed by atoms with Crippen LogP contribution in [-0.2, 0) is 43.1 Å². The molecular weight excluding hydrogens is 1760 g/mol. The molecule has 0 aromatic heterocycles. The summed E-state index contributed by atoms with van der Waals surface area (Å²) in [5, 5.41) is 44.3. The van der Waals surface area contributed by atoms with Gasteiger partial charge < -0.3 is 36.4 Å². The Morgan fingerprint density at radius 1 is 0.507 bits per heavy atom. The fourth-order valence-corrected chi connectivity index (χ4v) is 35.0. The van der Waals surface area contributed by atoms with Gasteiger partial charge in [-0.2, -0.15) is 0 Å². The van der Waals surface area contributed by atoms with Crippen LogP contribution < -0.4 is 11.1 Å². The third kappa shape index (κ3) is 17.8. The van der Waals surface area contributed by atoms with Gasteiger partial charge >= 0.3 is 0 Å². The fraction of sp³-hybridized carbons (Fsp3) is 0.677. The van der Waals surface area contributed by atoms with E-state index in [-0.39, 0.29) is 157 Å². The average molecular weight is 1940 g/mol. The van der Waals surface area contributed by atoms with Crippen molar-refractivity contribution in [2.45, 2.75) is 399 Å². The van der Waals surface area contributed by atoms with Crippen LogP contribution in [0.15, 0.2) is 185 Å². The maximum absolute atomic E-state index is 12.8. The maximum Gasteiger partial charge on any atom is 0.220 e. The fourth-order valence-electron chi connectivity index (χ4n) is 33.3. The highest BCUT2D eigenvalue weighted by atomic mass is 32.2. The number of nitrogens with one attached hydrogen (secondary N) is 1. The van der Waals surface area contributed by atoms with Gasteiger partial charge in [0.15, 0.2) is 23.0 Å². The molecule has 0 heterocycles. The van der Waals surface area contributed by atoms with Crippen LogP contribution in [0.3, 0.4) is 0 Å². The van der Waals surface area contributed by atoms with Crippen molar-refractivity contribution in [1.82, 2.24) is 10.2 Å². The first-order valence-electron chi connectivity index (χ1n) is 54.0. The Morgan fingerprint density at radius 2 is 0.936 bits per heavy atom. The number of nitrogens with two attached hydrogens (primary N) is 1. The molecule has 7 N–H and O–H groups in total. The summed E-state index contributed by atoms with van der Waals surface area (Å²) in [6.07, 6.45) is 57.3. The molecule has 9 saturated carbocycles. The van der Waals surface area contributed by atoms with Crippen LogP contribution in [0.4, 0.5) is 0 Å². The van der Waals surface area contributed by atoms with Crippen LogP contribution in [0.2, 0.25) is 0 Å². The summed E-state index contributed by atoms with van der Waals surface area (Å²) >= 11 is 0. The zero-order valence-corrected chi connectivity index (χ0v) is 93.4. The van der Waals surface area contributed by atoms with Crippen molar-refractivity contribution < 1.29 is 58.2 Å². The van der Waals surface area contributed by atoms with E-state index in [0.29, 0.717) is 46.8 Å². The van der Waals surface area contributed by atoms with E-state index in [2.05, 4.69) is 225 Å². The zero-order chi connectivity index (χ0) is 104. The zero-order valence-electron chi connectivity index (χ0n) is 92.6. The molecule has 16 heteroatoms. The van der Waals surface area contributed by atoms with Crippen LogP contribution in [0.25, 0.3) is 0 Å². The minimum atomic E-state index is -2.04. The van der Waals surface area contributed by atoms with Crippen molar-refractivity contribution >= 4 is 56.2 Å². The largest absolute Gasteiger partial charge is 0.504 e. The minimum Gasteiger partial charge on any atom is -0.504 e. The number of amides is 3. The SMILES string of the molecule is C=S(C)(=O)C[C@]1(C)CC[C@]2(C)CC[C@]3(C)C4=CC=C5C(=CC(=O)C(O)=C5C)[C@]4(C)CC[C@@]3(C)[C@@H]2C1.CCC(=O)NC(C)(C)CC[C@]1(C)CC[C@]2(C)C3=CC=C4C(=CC(=O)C(O)=C4C)[C@]3(C)CC[C@@]2(C)C1.CCC(N)=O.CC[C@@]1(C)[C@@H]2C[C@](C)(N(C)C(C)=O)CC[C@]2(C)CC[C@]1(C)C1=CC=C2C(=CC(=O)C(O)=C2C)[C@H]1C.CC[C@]1(C)C2=CC=C3C(=CC(=O)C(O)=C3C)[C@]2(C)CC[C@@]1(C)[C@@H]1C[C@@H](C)CC[C@H]1C. The Morgan fingerprint density at radius 3 is 1.42 bits per heavy atom. The van der Waals surface area contributed by atoms with Crippen molar-refractivity contribution in [3.63, 3.8) is 0 Å². The Bertz CT molecular complexity index is 5840. The third-order valence-corrected chi connectivity index (χ3v) is 45.4. The molecule has 0 aromatic carbocycles. The predicted octanol–water partition coefficient (Wildman–Crippen LogP) is 28.7. The molecule has 9 fully saturated rings. The highest BCUT2D eigenvalue weighted by molar-refractivity contribution is 7.99. The number of primary amides is 1. The third-order valence-electron chi connectivity index (χ3n) is 44.1. The highest BCUT2D eigenvalue weighted by Gasteiger charge is 2.70. The Balaban J connectivity index is 0.000000155. The first-order chi connectivity index (χ1) is 64.5. The Kier molecular flexibility index (Phi) is 29.1. The van der Waals surface area contributed by atoms with Gasteiger partial charge in [-0.25, -0.2) is 0 Å². The number of allylic oxidation sites excluding steroid dienone is 28. The summed E-state index contributed by atoms with van der Waals surface area (Å²) in [6, 6.07) is 0. The van der Waals surface area contributed by atoms with Gasteiger partial charge in [0.2, 0.25) is 40.9 Å². The molecule has 3 amide bonds. The van der Waals surface area contributed by atoms with Gasteiger partial charge in [0.05, 0.1) is 0 Å². The molecule has 23 atom stereocenters. The van der Waals surface area contributed by atoms with Gasteiger partial charge in [-0.1, -0.05) is 236 Å². The molecule has 0 aromatic rings. The monoisotopic (exact) mass is 1940 g/mol. The lowest BCUT2D eigenvalue weighted by Gasteiger charge is -2.70. The lowest BCUT2D eigenvalue weighted by molar-refractivity contribution is -0.158. The number of carbonyl (C=O) groups excluding carboxylic acids is 7. The van der Waals surface area contributed by atoms with Crippen molar-refractivity contribution in [2.75, 3.05) is 19.1 Å². The van der Waals surface area contributed by atoms with Gasteiger partial charge in [-0.3, -0.25) is 37.8 Å². The number of fused-ring (bicyclic) bond motifs is 17. The number of rotatable bonds is 13. The normalized spacial score (nSPS) is 41.0. The number of ketones is 4. The van der Waals surface area contributed by atoms with E-state index in [1.807, 2.05) is 52.8 Å². The summed E-state index contributed by atoms with van der Waals surface area (Å²) < 4.78 is 12.8. The number of nitrogens with zero attached hydrogens (tertiary/aromatic N) is 1. The number of aliphatic hydroxyl groups is 4. The molecule has 0 radical (unpaired) electrons. The molecule has 0 spiro atoms. The quantitative estimate of drug-likeness (QED) is 0.0941. The van der Waals surface area contributed by atoms with E-state index in [1.165, 1.54) is 86.5 Å². The smallest absolute Gasteiger partial charge is 0.220 e. The number of hydrogen-bond acceptors (Lipinski definition) is 12. The molecule has 17 aliphatic carbocycles. The predicted molar refractivity (Wildman–Crippen MR) is 574 cm³/mol. The lowest BCUT2D eigenvalue weighted by Crippen LogP contribution is -2.62. The second kappa shape index (κ2) is 37.3. The molecule has 1 unspecified atom stereocenters. The van der Waals surface area contributed by atoms with E-state index in [4.69, 9.17) is 0 Å². The van der Waals surface area contributed by atoms with Crippen LogP contribution in [0.5, 0.6) is 0 Å².